The van der Waals surface area contributed by atoms with Gasteiger partial charge in [0.05, 0.1) is 18.7 Å². The molecule has 5 atom stereocenters. The van der Waals surface area contributed by atoms with Crippen molar-refractivity contribution in [1.82, 2.24) is 10.3 Å². The molecule has 1 aromatic heterocycles. The molecule has 1 saturated carbocycles. The molecule has 1 aromatic carbocycles. The smallest absolute Gasteiger partial charge is 0.251 e. The molecule has 0 bridgehead atoms. The van der Waals surface area contributed by atoms with Crippen molar-refractivity contribution in [2.24, 2.45) is 11.8 Å². The Labute approximate surface area is 195 Å². The average Bonchev–Trinajstić information content (AvgIpc) is 3.50. The summed E-state index contributed by atoms with van der Waals surface area (Å²) in [5.41, 5.74) is 3.61. The number of amides is 1. The quantitative estimate of drug-likeness (QED) is 0.623. The Morgan fingerprint density at radius 3 is 2.73 bits per heavy atom. The fourth-order valence-electron chi connectivity index (χ4n) is 5.53. The van der Waals surface area contributed by atoms with Gasteiger partial charge in [0.2, 0.25) is 0 Å². The van der Waals surface area contributed by atoms with Crippen molar-refractivity contribution in [3.05, 3.63) is 53.2 Å². The van der Waals surface area contributed by atoms with Gasteiger partial charge in [-0.15, -0.1) is 0 Å². The monoisotopic (exact) mass is 450 g/mol. The van der Waals surface area contributed by atoms with Crippen molar-refractivity contribution in [1.29, 1.82) is 0 Å². The van der Waals surface area contributed by atoms with Crippen molar-refractivity contribution in [2.45, 2.75) is 64.4 Å². The van der Waals surface area contributed by atoms with E-state index in [-0.39, 0.29) is 30.0 Å². The average molecular weight is 451 g/mol. The Bertz CT molecular complexity index is 1020. The molecule has 2 aliphatic heterocycles. The van der Waals surface area contributed by atoms with E-state index in [1.54, 1.807) is 0 Å². The van der Waals surface area contributed by atoms with Crippen LogP contribution >= 0.6 is 0 Å². The molecule has 3 aliphatic rings. The van der Waals surface area contributed by atoms with Gasteiger partial charge in [-0.1, -0.05) is 13.0 Å². The number of aliphatic hydroxyl groups is 1. The van der Waals surface area contributed by atoms with Crippen molar-refractivity contribution in [2.75, 3.05) is 23.4 Å². The summed E-state index contributed by atoms with van der Waals surface area (Å²) in [5, 5.41) is 17.5. The van der Waals surface area contributed by atoms with E-state index in [4.69, 9.17) is 4.74 Å². The largest absolute Gasteiger partial charge is 0.379 e. The molecule has 2 fully saturated rings. The van der Waals surface area contributed by atoms with E-state index in [2.05, 4.69) is 27.4 Å². The van der Waals surface area contributed by atoms with Gasteiger partial charge in [0, 0.05) is 35.5 Å². The number of pyridine rings is 1. The first-order chi connectivity index (χ1) is 15.9. The number of aliphatic hydroxyl groups excluding tert-OH is 1. The lowest BCUT2D eigenvalue weighted by molar-refractivity contribution is 0.0929. The van der Waals surface area contributed by atoms with Crippen LogP contribution in [0.15, 0.2) is 36.4 Å². The summed E-state index contributed by atoms with van der Waals surface area (Å²) >= 11 is 0. The Morgan fingerprint density at radius 1 is 1.24 bits per heavy atom. The standard InChI is InChI=1S/C26H34N4O3/c1-15-5-4-6-23(27-15)29-24-16(2)25(18-7-8-18)30(17(3)31)22-10-9-19(13-21(22)24)26(32)28-20-11-12-33-14-20/h4-6,9-10,13,16-18,20,24-25,31H,7-8,11-12,14H2,1-3H3,(H,27,29)(H,28,32)/t16-,17?,20-,24-,25-/m1/s1. The van der Waals surface area contributed by atoms with E-state index in [0.717, 1.165) is 29.2 Å². The first-order valence-corrected chi connectivity index (χ1v) is 12.1. The van der Waals surface area contributed by atoms with Crippen LogP contribution in [0.1, 0.15) is 60.8 Å². The van der Waals surface area contributed by atoms with Crippen LogP contribution < -0.4 is 15.5 Å². The molecule has 7 nitrogen and oxygen atoms in total. The minimum absolute atomic E-state index is 0.0162. The van der Waals surface area contributed by atoms with Crippen molar-refractivity contribution in [3.8, 4) is 0 Å². The van der Waals surface area contributed by atoms with Crippen LogP contribution in [0.2, 0.25) is 0 Å². The first-order valence-electron chi connectivity index (χ1n) is 12.1. The summed E-state index contributed by atoms with van der Waals surface area (Å²) in [6.45, 7) is 7.32. The van der Waals surface area contributed by atoms with Crippen molar-refractivity contribution < 1.29 is 14.6 Å². The number of carbonyl (C=O) groups is 1. The number of nitrogens with zero attached hydrogens (tertiary/aromatic N) is 2. The summed E-state index contributed by atoms with van der Waals surface area (Å²) in [4.78, 5) is 19.8. The lowest BCUT2D eigenvalue weighted by Crippen LogP contribution is -2.53. The molecule has 1 aliphatic carbocycles. The van der Waals surface area contributed by atoms with Crippen molar-refractivity contribution >= 4 is 17.4 Å². The highest BCUT2D eigenvalue weighted by Crippen LogP contribution is 2.50. The second-order valence-corrected chi connectivity index (χ2v) is 9.82. The number of hydrogen-bond acceptors (Lipinski definition) is 6. The topological polar surface area (TPSA) is 86.7 Å². The summed E-state index contributed by atoms with van der Waals surface area (Å²) in [7, 11) is 0. The zero-order valence-corrected chi connectivity index (χ0v) is 19.6. The van der Waals surface area contributed by atoms with Gasteiger partial charge in [0.25, 0.3) is 5.91 Å². The molecule has 5 rings (SSSR count). The number of fused-ring (bicyclic) bond motifs is 1. The van der Waals surface area contributed by atoms with Crippen LogP contribution in [0.4, 0.5) is 11.5 Å². The normalized spacial score (nSPS) is 27.7. The Morgan fingerprint density at radius 2 is 2.06 bits per heavy atom. The van der Waals surface area contributed by atoms with Gasteiger partial charge in [-0.2, -0.15) is 0 Å². The third kappa shape index (κ3) is 4.44. The molecule has 1 unspecified atom stereocenters. The van der Waals surface area contributed by atoms with Gasteiger partial charge in [-0.25, -0.2) is 4.98 Å². The lowest BCUT2D eigenvalue weighted by atomic mass is 9.79. The summed E-state index contributed by atoms with van der Waals surface area (Å²) in [6, 6.07) is 12.1. The van der Waals surface area contributed by atoms with Crippen LogP contribution in [-0.2, 0) is 4.74 Å². The molecule has 3 heterocycles. The van der Waals surface area contributed by atoms with E-state index in [9.17, 15) is 9.90 Å². The summed E-state index contributed by atoms with van der Waals surface area (Å²) < 4.78 is 5.41. The van der Waals surface area contributed by atoms with Gasteiger partial charge in [-0.3, -0.25) is 4.79 Å². The maximum Gasteiger partial charge on any atom is 0.251 e. The number of aryl methyl sites for hydroxylation is 1. The van der Waals surface area contributed by atoms with Gasteiger partial charge >= 0.3 is 0 Å². The van der Waals surface area contributed by atoms with Crippen molar-refractivity contribution in [3.63, 3.8) is 0 Å². The third-order valence-electron chi connectivity index (χ3n) is 7.25. The maximum atomic E-state index is 13.0. The van der Waals surface area contributed by atoms with E-state index in [0.29, 0.717) is 24.7 Å². The van der Waals surface area contributed by atoms with Gasteiger partial charge < -0.3 is 25.4 Å². The Balaban J connectivity index is 1.53. The number of aromatic nitrogens is 1. The number of carbonyl (C=O) groups excluding carboxylic acids is 1. The lowest BCUT2D eigenvalue weighted by Gasteiger charge is -2.48. The second kappa shape index (κ2) is 8.95. The van der Waals surface area contributed by atoms with Gasteiger partial charge in [0.15, 0.2) is 0 Å². The Hall–Kier alpha value is -2.64. The number of nitrogens with one attached hydrogen (secondary N) is 2. The minimum Gasteiger partial charge on any atom is -0.379 e. The van der Waals surface area contributed by atoms with Gasteiger partial charge in [0.1, 0.15) is 12.0 Å². The molecule has 2 aromatic rings. The number of anilines is 2. The van der Waals surface area contributed by atoms with Crippen LogP contribution in [0.5, 0.6) is 0 Å². The predicted octanol–water partition coefficient (Wildman–Crippen LogP) is 3.63. The number of rotatable bonds is 6. The molecule has 0 spiro atoms. The molecule has 1 amide bonds. The van der Waals surface area contributed by atoms with Gasteiger partial charge in [-0.05, 0) is 74.9 Å². The maximum absolute atomic E-state index is 13.0. The highest BCUT2D eigenvalue weighted by molar-refractivity contribution is 5.95. The van der Waals surface area contributed by atoms with E-state index >= 15 is 0 Å². The molecule has 33 heavy (non-hydrogen) atoms. The van der Waals surface area contributed by atoms with Crippen LogP contribution in [-0.4, -0.2) is 47.5 Å². The van der Waals surface area contributed by atoms with Crippen LogP contribution in [0.25, 0.3) is 0 Å². The number of hydrogen-bond donors (Lipinski definition) is 3. The summed E-state index contributed by atoms with van der Waals surface area (Å²) in [5.74, 6) is 1.54. The molecule has 7 heteroatoms. The fraction of sp³-hybridized carbons (Fsp3) is 0.538. The van der Waals surface area contributed by atoms with Crippen LogP contribution in [0, 0.1) is 18.8 Å². The molecular weight excluding hydrogens is 416 g/mol. The highest BCUT2D eigenvalue weighted by atomic mass is 16.5. The zero-order valence-electron chi connectivity index (χ0n) is 19.6. The third-order valence-corrected chi connectivity index (χ3v) is 7.25. The molecule has 1 saturated heterocycles. The fourth-order valence-corrected chi connectivity index (χ4v) is 5.53. The number of ether oxygens (including phenoxy) is 1. The molecule has 176 valence electrons. The van der Waals surface area contributed by atoms with E-state index in [1.807, 2.05) is 50.2 Å². The zero-order chi connectivity index (χ0) is 23.1. The molecule has 0 radical (unpaired) electrons. The second-order valence-electron chi connectivity index (χ2n) is 9.82. The van der Waals surface area contributed by atoms with E-state index in [1.165, 1.54) is 12.8 Å². The highest BCUT2D eigenvalue weighted by Gasteiger charge is 2.47. The minimum atomic E-state index is -0.606. The first kappa shape index (κ1) is 22.2. The predicted molar refractivity (Wildman–Crippen MR) is 128 cm³/mol. The van der Waals surface area contributed by atoms with E-state index < -0.39 is 6.23 Å². The molecular formula is C26H34N4O3. The SMILES string of the molecule is Cc1cccc(N[C@H]2c3cc(C(=O)N[C@@H]4CCOC4)ccc3N(C(C)O)[C@@H](C3CC3)[C@@H]2C)n1. The van der Waals surface area contributed by atoms with Crippen LogP contribution in [0.3, 0.4) is 0 Å². The Kier molecular flexibility index (Phi) is 6.01. The summed E-state index contributed by atoms with van der Waals surface area (Å²) in [6.07, 6.45) is 2.61. The molecule has 3 N–H and O–H groups in total. The number of benzene rings is 1.